The van der Waals surface area contributed by atoms with E-state index in [2.05, 4.69) is 5.32 Å². The van der Waals surface area contributed by atoms with Crippen LogP contribution in [0, 0.1) is 0 Å². The molecule has 1 aromatic heterocycles. The summed E-state index contributed by atoms with van der Waals surface area (Å²) in [7, 11) is 3.02. The molecular weight excluding hydrogens is 330 g/mol. The summed E-state index contributed by atoms with van der Waals surface area (Å²) in [4.78, 5) is 24.1. The van der Waals surface area contributed by atoms with E-state index in [1.54, 1.807) is 14.0 Å². The molecule has 6 nitrogen and oxygen atoms in total. The minimum Gasteiger partial charge on any atom is -0.497 e. The van der Waals surface area contributed by atoms with E-state index in [-0.39, 0.29) is 19.1 Å². The molecule has 1 heterocycles. The van der Waals surface area contributed by atoms with Crippen LogP contribution in [0.2, 0.25) is 0 Å². The molecule has 0 spiro atoms. The number of ether oxygens (including phenoxy) is 3. The Labute approximate surface area is 144 Å². The van der Waals surface area contributed by atoms with E-state index in [0.717, 1.165) is 11.3 Å². The van der Waals surface area contributed by atoms with Crippen molar-refractivity contribution in [2.24, 2.45) is 0 Å². The van der Waals surface area contributed by atoms with Crippen molar-refractivity contribution in [3.8, 4) is 16.9 Å². The third-order valence-corrected chi connectivity index (χ3v) is 4.10. The molecule has 1 N–H and O–H groups in total. The Morgan fingerprint density at radius 1 is 1.17 bits per heavy atom. The van der Waals surface area contributed by atoms with E-state index in [0.29, 0.717) is 16.1 Å². The molecule has 0 aliphatic rings. The van der Waals surface area contributed by atoms with Gasteiger partial charge in [-0.2, -0.15) is 0 Å². The van der Waals surface area contributed by atoms with Crippen LogP contribution in [0.15, 0.2) is 29.6 Å². The molecule has 0 saturated heterocycles. The molecule has 0 saturated carbocycles. The normalized spacial score (nSPS) is 10.3. The molecule has 128 valence electrons. The molecule has 0 unspecified atom stereocenters. The standard InChI is InChI=1S/C17H19NO5S/c1-4-23-17(20)15-13(11-5-7-12(22-3)8-6-11)10-24-16(15)18-14(19)9-21-2/h5-8,10H,4,9H2,1-3H3,(H,18,19). The Kier molecular flexibility index (Phi) is 6.34. The van der Waals surface area contributed by atoms with Crippen molar-refractivity contribution in [1.29, 1.82) is 0 Å². The molecule has 0 aliphatic carbocycles. The van der Waals surface area contributed by atoms with Gasteiger partial charge in [0, 0.05) is 18.1 Å². The fourth-order valence-corrected chi connectivity index (χ4v) is 3.11. The highest BCUT2D eigenvalue weighted by atomic mass is 32.1. The van der Waals surface area contributed by atoms with Gasteiger partial charge in [0.05, 0.1) is 13.7 Å². The number of rotatable bonds is 7. The molecule has 0 aliphatic heterocycles. The summed E-state index contributed by atoms with van der Waals surface area (Å²) in [5.74, 6) is -0.0799. The van der Waals surface area contributed by atoms with E-state index in [9.17, 15) is 9.59 Å². The molecule has 0 radical (unpaired) electrons. The number of hydrogen-bond acceptors (Lipinski definition) is 6. The van der Waals surface area contributed by atoms with E-state index in [1.807, 2.05) is 29.6 Å². The van der Waals surface area contributed by atoms with Crippen molar-refractivity contribution in [2.45, 2.75) is 6.92 Å². The minimum absolute atomic E-state index is 0.0853. The van der Waals surface area contributed by atoms with Crippen LogP contribution in [-0.2, 0) is 14.3 Å². The number of carbonyl (C=O) groups is 2. The molecule has 2 aromatic rings. The number of nitrogens with one attached hydrogen (secondary N) is 1. The number of anilines is 1. The maximum absolute atomic E-state index is 12.4. The second kappa shape index (κ2) is 8.47. The second-order valence-corrected chi connectivity index (χ2v) is 5.66. The van der Waals surface area contributed by atoms with Crippen molar-refractivity contribution in [3.63, 3.8) is 0 Å². The number of thiophene rings is 1. The number of esters is 1. The summed E-state index contributed by atoms with van der Waals surface area (Å²) in [6, 6.07) is 7.32. The molecule has 0 fully saturated rings. The van der Waals surface area contributed by atoms with Crippen molar-refractivity contribution >= 4 is 28.2 Å². The Bertz CT molecular complexity index is 708. The summed E-state index contributed by atoms with van der Waals surface area (Å²) < 4.78 is 15.1. The molecule has 24 heavy (non-hydrogen) atoms. The largest absolute Gasteiger partial charge is 0.497 e. The van der Waals surface area contributed by atoms with Crippen LogP contribution in [0.25, 0.3) is 11.1 Å². The Morgan fingerprint density at radius 3 is 2.46 bits per heavy atom. The van der Waals surface area contributed by atoms with Gasteiger partial charge in [-0.3, -0.25) is 4.79 Å². The lowest BCUT2D eigenvalue weighted by molar-refractivity contribution is -0.119. The van der Waals surface area contributed by atoms with Gasteiger partial charge in [0.15, 0.2) is 0 Å². The molecular formula is C17H19NO5S. The molecule has 0 bridgehead atoms. The smallest absolute Gasteiger partial charge is 0.341 e. The van der Waals surface area contributed by atoms with E-state index >= 15 is 0 Å². The zero-order valence-corrected chi connectivity index (χ0v) is 14.6. The summed E-state index contributed by atoms with van der Waals surface area (Å²) in [6.45, 7) is 1.90. The van der Waals surface area contributed by atoms with Gasteiger partial charge in [0.2, 0.25) is 0 Å². The number of hydrogen-bond donors (Lipinski definition) is 1. The van der Waals surface area contributed by atoms with Gasteiger partial charge in [-0.15, -0.1) is 11.3 Å². The lowest BCUT2D eigenvalue weighted by atomic mass is 10.0. The fourth-order valence-electron chi connectivity index (χ4n) is 2.13. The van der Waals surface area contributed by atoms with Gasteiger partial charge in [-0.25, -0.2) is 4.79 Å². The highest BCUT2D eigenvalue weighted by molar-refractivity contribution is 7.15. The van der Waals surface area contributed by atoms with Gasteiger partial charge in [-0.1, -0.05) is 12.1 Å². The highest BCUT2D eigenvalue weighted by Gasteiger charge is 2.22. The van der Waals surface area contributed by atoms with Crippen LogP contribution in [0.3, 0.4) is 0 Å². The van der Waals surface area contributed by atoms with Gasteiger partial charge in [0.1, 0.15) is 22.9 Å². The minimum atomic E-state index is -0.475. The van der Waals surface area contributed by atoms with Gasteiger partial charge >= 0.3 is 5.97 Å². The Balaban J connectivity index is 2.40. The first-order valence-corrected chi connectivity index (χ1v) is 8.20. The predicted octanol–water partition coefficient (Wildman–Crippen LogP) is 3.19. The summed E-state index contributed by atoms with van der Waals surface area (Å²) >= 11 is 1.27. The summed E-state index contributed by atoms with van der Waals surface area (Å²) in [5, 5.41) is 4.95. The van der Waals surface area contributed by atoms with Crippen LogP contribution >= 0.6 is 11.3 Å². The van der Waals surface area contributed by atoms with Gasteiger partial charge in [-0.05, 0) is 24.6 Å². The number of benzene rings is 1. The van der Waals surface area contributed by atoms with Crippen LogP contribution < -0.4 is 10.1 Å². The first-order chi connectivity index (χ1) is 11.6. The topological polar surface area (TPSA) is 73.9 Å². The maximum atomic E-state index is 12.4. The van der Waals surface area contributed by atoms with Crippen LogP contribution in [0.5, 0.6) is 5.75 Å². The SMILES string of the molecule is CCOC(=O)c1c(-c2ccc(OC)cc2)csc1NC(=O)COC. The number of amides is 1. The summed E-state index contributed by atoms with van der Waals surface area (Å²) in [5.41, 5.74) is 1.88. The average Bonchev–Trinajstić information content (AvgIpc) is 2.99. The molecule has 2 rings (SSSR count). The molecule has 7 heteroatoms. The first kappa shape index (κ1) is 18.0. The van der Waals surface area contributed by atoms with Crippen molar-refractivity contribution in [1.82, 2.24) is 0 Å². The molecule has 1 aromatic carbocycles. The quantitative estimate of drug-likeness (QED) is 0.777. The lowest BCUT2D eigenvalue weighted by Gasteiger charge is -2.09. The van der Waals surface area contributed by atoms with E-state index < -0.39 is 5.97 Å². The lowest BCUT2D eigenvalue weighted by Crippen LogP contribution is -2.18. The molecule has 1 amide bonds. The third kappa shape index (κ3) is 4.12. The second-order valence-electron chi connectivity index (χ2n) is 4.78. The zero-order valence-electron chi connectivity index (χ0n) is 13.8. The molecule has 0 atom stereocenters. The van der Waals surface area contributed by atoms with Gasteiger partial charge in [0.25, 0.3) is 5.91 Å². The van der Waals surface area contributed by atoms with Crippen LogP contribution in [0.1, 0.15) is 17.3 Å². The number of methoxy groups -OCH3 is 2. The van der Waals surface area contributed by atoms with Gasteiger partial charge < -0.3 is 19.5 Å². The maximum Gasteiger partial charge on any atom is 0.341 e. The monoisotopic (exact) mass is 349 g/mol. The van der Waals surface area contributed by atoms with Crippen LogP contribution in [0.4, 0.5) is 5.00 Å². The van der Waals surface area contributed by atoms with E-state index in [4.69, 9.17) is 14.2 Å². The third-order valence-electron chi connectivity index (χ3n) is 3.20. The Morgan fingerprint density at radius 2 is 1.88 bits per heavy atom. The van der Waals surface area contributed by atoms with Crippen molar-refractivity contribution in [2.75, 3.05) is 32.8 Å². The van der Waals surface area contributed by atoms with E-state index in [1.165, 1.54) is 18.4 Å². The summed E-state index contributed by atoms with van der Waals surface area (Å²) in [6.07, 6.45) is 0. The predicted molar refractivity (Wildman–Crippen MR) is 92.8 cm³/mol. The Hall–Kier alpha value is -2.38. The number of carbonyl (C=O) groups excluding carboxylic acids is 2. The van der Waals surface area contributed by atoms with Crippen molar-refractivity contribution in [3.05, 3.63) is 35.2 Å². The highest BCUT2D eigenvalue weighted by Crippen LogP contribution is 2.36. The first-order valence-electron chi connectivity index (χ1n) is 7.32. The zero-order chi connectivity index (χ0) is 17.5. The van der Waals surface area contributed by atoms with Crippen molar-refractivity contribution < 1.29 is 23.8 Å². The fraction of sp³-hybridized carbons (Fsp3) is 0.294. The average molecular weight is 349 g/mol. The van der Waals surface area contributed by atoms with Crippen LogP contribution in [-0.4, -0.2) is 39.3 Å².